The van der Waals surface area contributed by atoms with Crippen LogP contribution in [0.25, 0.3) is 40.0 Å². The first kappa shape index (κ1) is 23.1. The number of imidazole rings is 1. The van der Waals surface area contributed by atoms with Gasteiger partial charge in [0.2, 0.25) is 0 Å². The number of morpholine rings is 1. The van der Waals surface area contributed by atoms with Crippen LogP contribution >= 0.6 is 11.6 Å². The molecule has 4 aromatic heterocycles. The van der Waals surface area contributed by atoms with Crippen molar-refractivity contribution in [1.29, 1.82) is 0 Å². The summed E-state index contributed by atoms with van der Waals surface area (Å²) >= 11 is 6.47. The lowest BCUT2D eigenvalue weighted by Crippen LogP contribution is -2.36. The van der Waals surface area contributed by atoms with E-state index in [4.69, 9.17) is 21.3 Å². The molecule has 37 heavy (non-hydrogen) atoms. The predicted molar refractivity (Wildman–Crippen MR) is 142 cm³/mol. The lowest BCUT2D eigenvalue weighted by atomic mass is 10.1. The van der Waals surface area contributed by atoms with Crippen LogP contribution in [0.5, 0.6) is 0 Å². The zero-order chi connectivity index (χ0) is 25.4. The third kappa shape index (κ3) is 4.39. The topological polar surface area (TPSA) is 106 Å². The van der Waals surface area contributed by atoms with Gasteiger partial charge in [-0.15, -0.1) is 0 Å². The van der Waals surface area contributed by atoms with Crippen molar-refractivity contribution in [2.75, 3.05) is 31.2 Å². The SMILES string of the molecule is O=C(O)c1cc(C=Cc2nc3c(N4CCOCC4)cc(Cl)nn3c2-c2cccnc2)nc2ccccc12. The van der Waals surface area contributed by atoms with Crippen molar-refractivity contribution in [3.8, 4) is 11.3 Å². The Labute approximate surface area is 216 Å². The fraction of sp³-hybridized carbons (Fsp3) is 0.148. The van der Waals surface area contributed by atoms with Gasteiger partial charge >= 0.3 is 5.97 Å². The highest BCUT2D eigenvalue weighted by Crippen LogP contribution is 2.32. The number of nitrogens with zero attached hydrogens (tertiary/aromatic N) is 6. The van der Waals surface area contributed by atoms with Gasteiger partial charge in [-0.3, -0.25) is 4.98 Å². The van der Waals surface area contributed by atoms with Gasteiger partial charge in [-0.1, -0.05) is 29.8 Å². The number of hydrogen-bond donors (Lipinski definition) is 1. The van der Waals surface area contributed by atoms with Crippen molar-refractivity contribution < 1.29 is 14.6 Å². The van der Waals surface area contributed by atoms with E-state index in [1.165, 1.54) is 0 Å². The van der Waals surface area contributed by atoms with Crippen molar-refractivity contribution >= 4 is 52.0 Å². The number of halogens is 1. The number of ether oxygens (including phenoxy) is 1. The van der Waals surface area contributed by atoms with Crippen LogP contribution in [-0.4, -0.2) is 61.9 Å². The first-order valence-corrected chi connectivity index (χ1v) is 12.1. The maximum absolute atomic E-state index is 11.9. The number of fused-ring (bicyclic) bond motifs is 2. The summed E-state index contributed by atoms with van der Waals surface area (Å²) < 4.78 is 7.26. The quantitative estimate of drug-likeness (QED) is 0.361. The zero-order valence-corrected chi connectivity index (χ0v) is 20.3. The smallest absolute Gasteiger partial charge is 0.336 e. The highest BCUT2D eigenvalue weighted by atomic mass is 35.5. The van der Waals surface area contributed by atoms with Crippen LogP contribution in [0.1, 0.15) is 21.7 Å². The molecule has 6 rings (SSSR count). The Balaban J connectivity index is 1.53. The lowest BCUT2D eigenvalue weighted by Gasteiger charge is -2.28. The molecular formula is C27H21ClN6O3. The van der Waals surface area contributed by atoms with E-state index in [0.29, 0.717) is 46.3 Å². The first-order chi connectivity index (χ1) is 18.1. The monoisotopic (exact) mass is 512 g/mol. The number of anilines is 1. The first-order valence-electron chi connectivity index (χ1n) is 11.7. The lowest BCUT2D eigenvalue weighted by molar-refractivity contribution is 0.0699. The summed E-state index contributed by atoms with van der Waals surface area (Å²) in [6, 6.07) is 14.3. The van der Waals surface area contributed by atoms with Gasteiger partial charge in [0.1, 0.15) is 5.69 Å². The van der Waals surface area contributed by atoms with Gasteiger partial charge < -0.3 is 14.7 Å². The summed E-state index contributed by atoms with van der Waals surface area (Å²) in [5.74, 6) is -1.01. The van der Waals surface area contributed by atoms with Gasteiger partial charge in [0.25, 0.3) is 0 Å². The highest BCUT2D eigenvalue weighted by Gasteiger charge is 2.22. The van der Waals surface area contributed by atoms with E-state index in [9.17, 15) is 9.90 Å². The van der Waals surface area contributed by atoms with E-state index in [2.05, 4.69) is 20.0 Å². The van der Waals surface area contributed by atoms with Crippen LogP contribution in [0.4, 0.5) is 5.69 Å². The minimum absolute atomic E-state index is 0.191. The van der Waals surface area contributed by atoms with Crippen molar-refractivity contribution in [3.05, 3.63) is 83.0 Å². The van der Waals surface area contributed by atoms with Crippen LogP contribution in [0.15, 0.2) is 60.9 Å². The molecule has 1 aliphatic rings. The number of carboxylic acids is 1. The average Bonchev–Trinajstić information content (AvgIpc) is 3.30. The Bertz CT molecular complexity index is 1660. The predicted octanol–water partition coefficient (Wildman–Crippen LogP) is 4.70. The molecule has 5 aromatic rings. The largest absolute Gasteiger partial charge is 0.478 e. The fourth-order valence-electron chi connectivity index (χ4n) is 4.54. The van der Waals surface area contributed by atoms with Crippen molar-refractivity contribution in [2.24, 2.45) is 0 Å². The van der Waals surface area contributed by atoms with Gasteiger partial charge in [0.05, 0.1) is 41.4 Å². The summed E-state index contributed by atoms with van der Waals surface area (Å²) in [6.45, 7) is 2.67. The second kappa shape index (κ2) is 9.61. The normalized spacial score (nSPS) is 14.1. The molecule has 5 heterocycles. The van der Waals surface area contributed by atoms with Crippen LogP contribution in [0.2, 0.25) is 5.15 Å². The van der Waals surface area contributed by atoms with E-state index < -0.39 is 5.97 Å². The van der Waals surface area contributed by atoms with E-state index >= 15 is 0 Å². The summed E-state index contributed by atoms with van der Waals surface area (Å²) in [5.41, 5.74) is 4.98. The van der Waals surface area contributed by atoms with Gasteiger partial charge in [0, 0.05) is 42.5 Å². The number of rotatable bonds is 5. The highest BCUT2D eigenvalue weighted by molar-refractivity contribution is 6.29. The maximum atomic E-state index is 11.9. The van der Waals surface area contributed by atoms with Crippen LogP contribution in [-0.2, 0) is 4.74 Å². The van der Waals surface area contributed by atoms with E-state index in [1.807, 2.05) is 30.3 Å². The average molecular weight is 513 g/mol. The molecule has 1 fully saturated rings. The third-order valence-corrected chi connectivity index (χ3v) is 6.41. The molecule has 1 N–H and O–H groups in total. The molecule has 9 nitrogen and oxygen atoms in total. The Morgan fingerprint density at radius 2 is 1.89 bits per heavy atom. The van der Waals surface area contributed by atoms with E-state index in [-0.39, 0.29) is 5.56 Å². The molecule has 1 aromatic carbocycles. The molecule has 0 unspecified atom stereocenters. The molecule has 1 saturated heterocycles. The number of benzene rings is 1. The molecule has 0 spiro atoms. The molecule has 0 saturated carbocycles. The molecule has 0 aliphatic carbocycles. The third-order valence-electron chi connectivity index (χ3n) is 6.23. The number of para-hydroxylation sites is 1. The van der Waals surface area contributed by atoms with Crippen molar-refractivity contribution in [3.63, 3.8) is 0 Å². The standard InChI is InChI=1S/C27H21ClN6O3/c28-24-15-23(33-10-12-37-13-11-33)26-31-22(25(34(26)32-24)17-4-3-9-29-16-17)8-7-18-14-20(27(35)36)19-5-1-2-6-21(19)30-18/h1-9,14-16H,10-13H2,(H,35,36). The minimum Gasteiger partial charge on any atom is -0.478 e. The minimum atomic E-state index is -1.01. The molecule has 10 heteroatoms. The molecule has 184 valence electrons. The number of pyridine rings is 2. The molecule has 0 bridgehead atoms. The van der Waals surface area contributed by atoms with Crippen LogP contribution < -0.4 is 4.90 Å². The summed E-state index contributed by atoms with van der Waals surface area (Å²) in [4.78, 5) is 27.9. The Kier molecular flexibility index (Phi) is 5.99. The Morgan fingerprint density at radius 3 is 2.68 bits per heavy atom. The van der Waals surface area contributed by atoms with Crippen LogP contribution in [0.3, 0.4) is 0 Å². The van der Waals surface area contributed by atoms with E-state index in [1.54, 1.807) is 47.3 Å². The van der Waals surface area contributed by atoms with E-state index in [0.717, 1.165) is 30.0 Å². The van der Waals surface area contributed by atoms with Gasteiger partial charge in [-0.25, -0.2) is 19.3 Å². The number of carbonyl (C=O) groups is 1. The molecule has 0 amide bonds. The fourth-order valence-corrected chi connectivity index (χ4v) is 4.72. The van der Waals surface area contributed by atoms with Gasteiger partial charge in [-0.2, -0.15) is 5.10 Å². The number of aromatic nitrogens is 5. The van der Waals surface area contributed by atoms with Crippen LogP contribution in [0, 0.1) is 0 Å². The molecule has 1 aliphatic heterocycles. The molecule has 0 atom stereocenters. The summed E-state index contributed by atoms with van der Waals surface area (Å²) in [5, 5.41) is 15.3. The second-order valence-electron chi connectivity index (χ2n) is 8.52. The zero-order valence-electron chi connectivity index (χ0n) is 19.6. The van der Waals surface area contributed by atoms with Crippen molar-refractivity contribution in [1.82, 2.24) is 24.6 Å². The maximum Gasteiger partial charge on any atom is 0.336 e. The van der Waals surface area contributed by atoms with Gasteiger partial charge in [0.15, 0.2) is 10.8 Å². The Hall–Kier alpha value is -4.34. The molecule has 0 radical (unpaired) electrons. The summed E-state index contributed by atoms with van der Waals surface area (Å²) in [6.07, 6.45) is 7.02. The van der Waals surface area contributed by atoms with Crippen molar-refractivity contribution in [2.45, 2.75) is 0 Å². The second-order valence-corrected chi connectivity index (χ2v) is 8.91. The summed E-state index contributed by atoms with van der Waals surface area (Å²) in [7, 11) is 0. The molecular weight excluding hydrogens is 492 g/mol. The van der Waals surface area contributed by atoms with Gasteiger partial charge in [-0.05, 0) is 36.4 Å². The number of aromatic carboxylic acids is 1. The number of carboxylic acid groups (broad SMARTS) is 1. The number of hydrogen-bond acceptors (Lipinski definition) is 7. The Morgan fingerprint density at radius 1 is 1.05 bits per heavy atom.